The fourth-order valence-electron chi connectivity index (χ4n) is 4.36. The van der Waals surface area contributed by atoms with E-state index in [1.165, 1.54) is 29.5 Å². The Morgan fingerprint density at radius 3 is 2.65 bits per heavy atom. The number of anilines is 1. The number of likely N-dealkylation sites (tertiary alicyclic amines) is 1. The van der Waals surface area contributed by atoms with Crippen molar-refractivity contribution in [3.8, 4) is 11.1 Å². The van der Waals surface area contributed by atoms with E-state index >= 15 is 0 Å². The van der Waals surface area contributed by atoms with Crippen LogP contribution < -0.4 is 10.6 Å². The molecule has 0 aromatic heterocycles. The summed E-state index contributed by atoms with van der Waals surface area (Å²) in [7, 11) is 0. The summed E-state index contributed by atoms with van der Waals surface area (Å²) in [6, 6.07) is 16.5. The van der Waals surface area contributed by atoms with Crippen molar-refractivity contribution in [2.75, 3.05) is 31.5 Å². The van der Waals surface area contributed by atoms with Crippen LogP contribution >= 0.6 is 0 Å². The molecule has 2 heterocycles. The fourth-order valence-corrected chi connectivity index (χ4v) is 4.36. The molecule has 2 aliphatic heterocycles. The number of aryl methyl sites for hydroxylation is 1. The summed E-state index contributed by atoms with van der Waals surface area (Å²) in [4.78, 5) is 14.7. The maximum atomic E-state index is 12.7. The molecule has 2 aromatic rings. The third kappa shape index (κ3) is 3.47. The summed E-state index contributed by atoms with van der Waals surface area (Å²) in [5, 5.41) is 6.54. The molecule has 4 heteroatoms. The fraction of sp³-hybridized carbons (Fsp3) is 0.409. The number of urea groups is 1. The van der Waals surface area contributed by atoms with Crippen molar-refractivity contribution >= 4 is 11.7 Å². The summed E-state index contributed by atoms with van der Waals surface area (Å²) < 4.78 is 0. The summed E-state index contributed by atoms with van der Waals surface area (Å²) in [5.74, 6) is 0. The molecular weight excluding hydrogens is 322 g/mol. The van der Waals surface area contributed by atoms with E-state index in [-0.39, 0.29) is 6.03 Å². The largest absolute Gasteiger partial charge is 0.324 e. The van der Waals surface area contributed by atoms with Crippen molar-refractivity contribution in [3.05, 3.63) is 54.1 Å². The van der Waals surface area contributed by atoms with Gasteiger partial charge >= 0.3 is 6.03 Å². The van der Waals surface area contributed by atoms with Crippen molar-refractivity contribution in [3.63, 3.8) is 0 Å². The van der Waals surface area contributed by atoms with Crippen LogP contribution in [0.4, 0.5) is 10.5 Å². The number of rotatable bonds is 2. The molecule has 26 heavy (non-hydrogen) atoms. The van der Waals surface area contributed by atoms with E-state index in [2.05, 4.69) is 54.0 Å². The van der Waals surface area contributed by atoms with Crippen molar-refractivity contribution in [2.24, 2.45) is 5.41 Å². The molecule has 4 nitrogen and oxygen atoms in total. The van der Waals surface area contributed by atoms with Gasteiger partial charge in [-0.25, -0.2) is 4.79 Å². The number of hydrogen-bond acceptors (Lipinski definition) is 2. The first-order valence-electron chi connectivity index (χ1n) is 9.58. The first-order valence-corrected chi connectivity index (χ1v) is 9.58. The molecule has 2 amide bonds. The molecule has 2 aliphatic rings. The quantitative estimate of drug-likeness (QED) is 0.850. The van der Waals surface area contributed by atoms with Crippen LogP contribution in [-0.4, -0.2) is 37.1 Å². The van der Waals surface area contributed by atoms with E-state index in [0.29, 0.717) is 5.41 Å². The van der Waals surface area contributed by atoms with E-state index in [0.717, 1.165) is 38.3 Å². The minimum Gasteiger partial charge on any atom is -0.324 e. The van der Waals surface area contributed by atoms with E-state index < -0.39 is 0 Å². The topological polar surface area (TPSA) is 44.4 Å². The van der Waals surface area contributed by atoms with Gasteiger partial charge in [-0.15, -0.1) is 0 Å². The lowest BCUT2D eigenvalue weighted by molar-refractivity contribution is 0.125. The van der Waals surface area contributed by atoms with Crippen molar-refractivity contribution in [1.29, 1.82) is 0 Å². The first kappa shape index (κ1) is 17.1. The minimum absolute atomic E-state index is 0.0274. The number of hydrogen-bond donors (Lipinski definition) is 2. The molecule has 2 N–H and O–H groups in total. The number of piperidine rings is 1. The predicted molar refractivity (Wildman–Crippen MR) is 106 cm³/mol. The van der Waals surface area contributed by atoms with Crippen LogP contribution in [-0.2, 0) is 0 Å². The van der Waals surface area contributed by atoms with E-state index in [1.54, 1.807) is 0 Å². The van der Waals surface area contributed by atoms with Gasteiger partial charge in [0.05, 0.1) is 0 Å². The normalized spacial score (nSPS) is 22.6. The number of amides is 2. The summed E-state index contributed by atoms with van der Waals surface area (Å²) in [6.45, 7) is 5.97. The summed E-state index contributed by atoms with van der Waals surface area (Å²) in [6.07, 6.45) is 3.51. The van der Waals surface area contributed by atoms with Gasteiger partial charge in [0, 0.05) is 30.7 Å². The van der Waals surface area contributed by atoms with Crippen LogP contribution in [0.1, 0.15) is 24.8 Å². The highest BCUT2D eigenvalue weighted by molar-refractivity contribution is 5.89. The molecular formula is C22H27N3O. The highest BCUT2D eigenvalue weighted by atomic mass is 16.2. The van der Waals surface area contributed by atoms with E-state index in [9.17, 15) is 4.79 Å². The highest BCUT2D eigenvalue weighted by Gasteiger charge is 2.39. The minimum atomic E-state index is 0.0274. The average molecular weight is 349 g/mol. The van der Waals surface area contributed by atoms with Crippen LogP contribution in [0.15, 0.2) is 48.5 Å². The molecule has 0 saturated carbocycles. The van der Waals surface area contributed by atoms with Crippen molar-refractivity contribution < 1.29 is 4.79 Å². The van der Waals surface area contributed by atoms with Gasteiger partial charge in [0.25, 0.3) is 0 Å². The molecule has 2 aromatic carbocycles. The second-order valence-electron chi connectivity index (χ2n) is 7.77. The van der Waals surface area contributed by atoms with Gasteiger partial charge in [-0.05, 0) is 61.6 Å². The Balaban J connectivity index is 1.42. The van der Waals surface area contributed by atoms with Gasteiger partial charge in [-0.3, -0.25) is 0 Å². The second-order valence-corrected chi connectivity index (χ2v) is 7.77. The molecule has 1 spiro atoms. The zero-order valence-corrected chi connectivity index (χ0v) is 15.4. The van der Waals surface area contributed by atoms with Crippen LogP contribution in [0.5, 0.6) is 0 Å². The summed E-state index contributed by atoms with van der Waals surface area (Å²) >= 11 is 0. The number of nitrogens with one attached hydrogen (secondary N) is 2. The Kier molecular flexibility index (Phi) is 4.68. The zero-order chi connectivity index (χ0) is 18.0. The molecule has 0 bridgehead atoms. The Morgan fingerprint density at radius 2 is 1.92 bits per heavy atom. The number of carbonyl (C=O) groups excluding carboxylic acids is 1. The second kappa shape index (κ2) is 7.12. The third-order valence-electron chi connectivity index (χ3n) is 5.87. The van der Waals surface area contributed by atoms with Gasteiger partial charge in [0.1, 0.15) is 0 Å². The first-order chi connectivity index (χ1) is 12.7. The highest BCUT2D eigenvalue weighted by Crippen LogP contribution is 2.35. The number of carbonyl (C=O) groups is 1. The lowest BCUT2D eigenvalue weighted by Gasteiger charge is -2.39. The molecule has 2 fully saturated rings. The number of benzene rings is 2. The van der Waals surface area contributed by atoms with Crippen LogP contribution in [0, 0.1) is 12.3 Å². The maximum absolute atomic E-state index is 12.7. The molecule has 0 unspecified atom stereocenters. The van der Waals surface area contributed by atoms with Gasteiger partial charge in [0.2, 0.25) is 0 Å². The maximum Gasteiger partial charge on any atom is 0.321 e. The molecule has 0 radical (unpaired) electrons. The Hall–Kier alpha value is -2.33. The average Bonchev–Trinajstić information content (AvgIpc) is 3.10. The van der Waals surface area contributed by atoms with Gasteiger partial charge in [0.15, 0.2) is 0 Å². The van der Waals surface area contributed by atoms with E-state index in [1.807, 2.05) is 17.0 Å². The van der Waals surface area contributed by atoms with Crippen LogP contribution in [0.2, 0.25) is 0 Å². The SMILES string of the molecule is Cc1ccccc1-c1ccc(NC(=O)N2CCC[C@]3(CCNC3)C2)cc1. The van der Waals surface area contributed by atoms with Crippen LogP contribution in [0.25, 0.3) is 11.1 Å². The Bertz CT molecular complexity index is 778. The molecule has 136 valence electrons. The molecule has 1 atom stereocenters. The monoisotopic (exact) mass is 349 g/mol. The summed E-state index contributed by atoms with van der Waals surface area (Å²) in [5.41, 5.74) is 4.82. The Morgan fingerprint density at radius 1 is 1.12 bits per heavy atom. The molecule has 2 saturated heterocycles. The zero-order valence-electron chi connectivity index (χ0n) is 15.4. The van der Waals surface area contributed by atoms with Gasteiger partial charge in [-0.2, -0.15) is 0 Å². The van der Waals surface area contributed by atoms with Crippen molar-refractivity contribution in [2.45, 2.75) is 26.2 Å². The van der Waals surface area contributed by atoms with Crippen molar-refractivity contribution in [1.82, 2.24) is 10.2 Å². The Labute approximate surface area is 155 Å². The number of nitrogens with zero attached hydrogens (tertiary/aromatic N) is 1. The predicted octanol–water partition coefficient (Wildman–Crippen LogP) is 4.27. The third-order valence-corrected chi connectivity index (χ3v) is 5.87. The van der Waals surface area contributed by atoms with Gasteiger partial charge < -0.3 is 15.5 Å². The molecule has 0 aliphatic carbocycles. The smallest absolute Gasteiger partial charge is 0.321 e. The van der Waals surface area contributed by atoms with Gasteiger partial charge in [-0.1, -0.05) is 36.4 Å². The lowest BCUT2D eigenvalue weighted by atomic mass is 9.79. The molecule has 4 rings (SSSR count). The standard InChI is InChI=1S/C22H27N3O/c1-17-5-2-3-6-20(17)18-7-9-19(10-8-18)24-21(26)25-14-4-11-22(16-25)12-13-23-15-22/h2-3,5-10,23H,4,11-16H2,1H3,(H,24,26)/t22-/m1/s1. The van der Waals surface area contributed by atoms with E-state index in [4.69, 9.17) is 0 Å². The lowest BCUT2D eigenvalue weighted by Crippen LogP contribution is -2.48. The van der Waals surface area contributed by atoms with Crippen LogP contribution in [0.3, 0.4) is 0 Å².